The van der Waals surface area contributed by atoms with E-state index in [4.69, 9.17) is 0 Å². The smallest absolute Gasteiger partial charge is 0.257 e. The molecule has 31 heavy (non-hydrogen) atoms. The molecule has 0 aliphatic carbocycles. The molecule has 0 aliphatic rings. The van der Waals surface area contributed by atoms with Crippen molar-refractivity contribution >= 4 is 16.8 Å². The number of para-hydroxylation sites is 1. The Morgan fingerprint density at radius 3 is 1.68 bits per heavy atom. The van der Waals surface area contributed by atoms with Gasteiger partial charge in [-0.3, -0.25) is 9.59 Å². The van der Waals surface area contributed by atoms with E-state index < -0.39 is 0 Å². The average molecular weight is 426 g/mol. The molecule has 0 aliphatic heterocycles. The molecule has 0 N–H and O–H groups in total. The van der Waals surface area contributed by atoms with Gasteiger partial charge in [-0.15, -0.1) is 0 Å². The summed E-state index contributed by atoms with van der Waals surface area (Å²) in [7, 11) is 0. The van der Waals surface area contributed by atoms with Gasteiger partial charge < -0.3 is 0 Å². The van der Waals surface area contributed by atoms with Crippen molar-refractivity contribution in [3.05, 3.63) is 46.8 Å². The third kappa shape index (κ3) is 9.84. The van der Waals surface area contributed by atoms with Crippen molar-refractivity contribution in [3.63, 3.8) is 0 Å². The Hall–Kier alpha value is -1.90. The van der Waals surface area contributed by atoms with E-state index in [1.54, 1.807) is 6.07 Å². The van der Waals surface area contributed by atoms with E-state index in [1.165, 1.54) is 101 Å². The van der Waals surface area contributed by atoms with E-state index in [-0.39, 0.29) is 11.5 Å². The second-order valence-corrected chi connectivity index (χ2v) is 9.01. The molecule has 0 atom stereocenters. The van der Waals surface area contributed by atoms with Gasteiger partial charge in [0.25, 0.3) is 5.56 Å². The number of fused-ring (bicyclic) bond motifs is 1. The molecule has 0 amide bonds. The highest BCUT2D eigenvalue weighted by atomic mass is 16.2. The Balaban J connectivity index is 1.46. The minimum absolute atomic E-state index is 0.0767. The van der Waals surface area contributed by atoms with Gasteiger partial charge in [-0.2, -0.15) is 0 Å². The van der Waals surface area contributed by atoms with Crippen LogP contribution in [0, 0.1) is 0 Å². The van der Waals surface area contributed by atoms with Crippen molar-refractivity contribution < 1.29 is 4.79 Å². The molecule has 1 aromatic heterocycles. The summed E-state index contributed by atoms with van der Waals surface area (Å²) >= 11 is 0. The van der Waals surface area contributed by atoms with Gasteiger partial charge in [0.05, 0.1) is 5.52 Å². The molecule has 0 bridgehead atoms. The Morgan fingerprint density at radius 1 is 0.645 bits per heavy atom. The normalized spacial score (nSPS) is 11.3. The van der Waals surface area contributed by atoms with E-state index >= 15 is 0 Å². The van der Waals surface area contributed by atoms with Crippen molar-refractivity contribution in [1.82, 2.24) is 4.57 Å². The number of rotatable bonds is 17. The second kappa shape index (κ2) is 15.8. The van der Waals surface area contributed by atoms with Crippen LogP contribution in [0.2, 0.25) is 0 Å². The molecular formula is C28H43NO2. The Bertz CT molecular complexity index is 808. The van der Waals surface area contributed by atoms with Crippen LogP contribution in [-0.2, 0) is 0 Å². The number of nitrogens with zero attached hydrogens (tertiary/aromatic N) is 1. The molecule has 1 heterocycles. The molecule has 0 radical (unpaired) electrons. The van der Waals surface area contributed by atoms with Crippen LogP contribution in [0.25, 0.3) is 10.9 Å². The van der Waals surface area contributed by atoms with Crippen molar-refractivity contribution in [2.45, 2.75) is 116 Å². The number of unbranched alkanes of at least 4 members (excludes halogenated alkanes) is 15. The van der Waals surface area contributed by atoms with Crippen LogP contribution in [0.1, 0.15) is 121 Å². The molecule has 2 rings (SSSR count). The van der Waals surface area contributed by atoms with Crippen molar-refractivity contribution in [1.29, 1.82) is 0 Å². The van der Waals surface area contributed by atoms with Gasteiger partial charge >= 0.3 is 0 Å². The zero-order chi connectivity index (χ0) is 22.2. The summed E-state index contributed by atoms with van der Waals surface area (Å²) < 4.78 is 1.35. The standard InChI is InChI=1S/C28H43NO2/c1-2-3-4-5-6-7-8-9-10-11-12-13-14-15-16-17-22-27(30)29-26-21-19-18-20-25(26)23-24-28(29)31/h18-21,23-24H,2-17,22H2,1H3. The van der Waals surface area contributed by atoms with E-state index in [2.05, 4.69) is 6.92 Å². The lowest BCUT2D eigenvalue weighted by molar-refractivity contribution is 0.0900. The second-order valence-electron chi connectivity index (χ2n) is 9.01. The average Bonchev–Trinajstić information content (AvgIpc) is 2.78. The predicted octanol–water partition coefficient (Wildman–Crippen LogP) is 8.29. The van der Waals surface area contributed by atoms with E-state index in [0.29, 0.717) is 6.42 Å². The Labute approximate surface area is 189 Å². The zero-order valence-electron chi connectivity index (χ0n) is 19.7. The molecule has 0 saturated carbocycles. The maximum atomic E-state index is 12.6. The van der Waals surface area contributed by atoms with Gasteiger partial charge in [0.2, 0.25) is 5.91 Å². The number of carbonyl (C=O) groups excluding carboxylic acids is 1. The first kappa shape index (κ1) is 25.4. The number of hydrogen-bond donors (Lipinski definition) is 0. The van der Waals surface area contributed by atoms with Gasteiger partial charge in [0, 0.05) is 12.5 Å². The third-order valence-electron chi connectivity index (χ3n) is 6.30. The molecule has 1 aromatic carbocycles. The first-order valence-corrected chi connectivity index (χ1v) is 12.9. The lowest BCUT2D eigenvalue weighted by Crippen LogP contribution is -2.26. The van der Waals surface area contributed by atoms with Crippen LogP contribution in [0.4, 0.5) is 0 Å². The molecule has 0 fully saturated rings. The Morgan fingerprint density at radius 2 is 1.13 bits per heavy atom. The van der Waals surface area contributed by atoms with E-state index in [1.807, 2.05) is 24.3 Å². The van der Waals surface area contributed by atoms with Gasteiger partial charge in [-0.05, 0) is 23.9 Å². The fourth-order valence-corrected chi connectivity index (χ4v) is 4.38. The summed E-state index contributed by atoms with van der Waals surface area (Å²) in [6, 6.07) is 10.9. The number of hydrogen-bond acceptors (Lipinski definition) is 2. The van der Waals surface area contributed by atoms with Crippen LogP contribution < -0.4 is 5.56 Å². The number of benzene rings is 1. The highest BCUT2D eigenvalue weighted by Gasteiger charge is 2.10. The predicted molar refractivity (Wildman–Crippen MR) is 133 cm³/mol. The highest BCUT2D eigenvalue weighted by molar-refractivity contribution is 5.91. The van der Waals surface area contributed by atoms with Crippen LogP contribution in [0.5, 0.6) is 0 Å². The van der Waals surface area contributed by atoms with Crippen LogP contribution in [0.15, 0.2) is 41.2 Å². The quantitative estimate of drug-likeness (QED) is 0.239. The number of pyridine rings is 1. The van der Waals surface area contributed by atoms with E-state index in [0.717, 1.165) is 23.7 Å². The lowest BCUT2D eigenvalue weighted by Gasteiger charge is -2.08. The summed E-state index contributed by atoms with van der Waals surface area (Å²) in [6.07, 6.45) is 21.5. The first-order chi connectivity index (χ1) is 15.2. The van der Waals surface area contributed by atoms with Crippen molar-refractivity contribution in [3.8, 4) is 0 Å². The molecule has 172 valence electrons. The molecule has 0 spiro atoms. The van der Waals surface area contributed by atoms with Gasteiger partial charge in [-0.1, -0.05) is 121 Å². The van der Waals surface area contributed by atoms with Crippen molar-refractivity contribution in [2.75, 3.05) is 0 Å². The maximum Gasteiger partial charge on any atom is 0.257 e. The minimum atomic E-state index is -0.222. The first-order valence-electron chi connectivity index (χ1n) is 12.9. The monoisotopic (exact) mass is 425 g/mol. The SMILES string of the molecule is CCCCCCCCCCCCCCCCCCC(=O)n1c(=O)ccc2ccccc21. The lowest BCUT2D eigenvalue weighted by atomic mass is 10.0. The van der Waals surface area contributed by atoms with Crippen LogP contribution in [0.3, 0.4) is 0 Å². The van der Waals surface area contributed by atoms with Crippen molar-refractivity contribution in [2.24, 2.45) is 0 Å². The Kier molecular flexibility index (Phi) is 13.0. The third-order valence-corrected chi connectivity index (χ3v) is 6.30. The van der Waals surface area contributed by atoms with Gasteiger partial charge in [0.15, 0.2) is 0 Å². The molecule has 2 aromatic rings. The summed E-state index contributed by atoms with van der Waals surface area (Å²) in [5.41, 5.74) is 0.497. The zero-order valence-corrected chi connectivity index (χ0v) is 19.7. The maximum absolute atomic E-state index is 12.6. The number of aromatic nitrogens is 1. The van der Waals surface area contributed by atoms with Crippen LogP contribution in [-0.4, -0.2) is 10.5 Å². The molecule has 3 nitrogen and oxygen atoms in total. The molecule has 0 unspecified atom stereocenters. The van der Waals surface area contributed by atoms with E-state index in [9.17, 15) is 9.59 Å². The van der Waals surface area contributed by atoms with Crippen LogP contribution >= 0.6 is 0 Å². The molecule has 3 heteroatoms. The summed E-state index contributed by atoms with van der Waals surface area (Å²) in [5.74, 6) is -0.0767. The summed E-state index contributed by atoms with van der Waals surface area (Å²) in [4.78, 5) is 24.8. The van der Waals surface area contributed by atoms with Gasteiger partial charge in [0.1, 0.15) is 0 Å². The minimum Gasteiger partial charge on any atom is -0.274 e. The number of carbonyl (C=O) groups is 1. The fraction of sp³-hybridized carbons (Fsp3) is 0.643. The van der Waals surface area contributed by atoms with Gasteiger partial charge in [-0.25, -0.2) is 4.57 Å². The fourth-order valence-electron chi connectivity index (χ4n) is 4.38. The largest absolute Gasteiger partial charge is 0.274 e. The highest BCUT2D eigenvalue weighted by Crippen LogP contribution is 2.15. The topological polar surface area (TPSA) is 39.1 Å². The molecule has 0 saturated heterocycles. The summed E-state index contributed by atoms with van der Waals surface area (Å²) in [5, 5.41) is 0.933. The molecular weight excluding hydrogens is 382 g/mol. The summed E-state index contributed by atoms with van der Waals surface area (Å²) in [6.45, 7) is 2.28.